The van der Waals surface area contributed by atoms with Gasteiger partial charge in [-0.15, -0.1) is 10.2 Å². The van der Waals surface area contributed by atoms with Crippen LogP contribution in [0.15, 0.2) is 53.9 Å². The van der Waals surface area contributed by atoms with E-state index in [1.54, 1.807) is 12.4 Å². The first kappa shape index (κ1) is 21.8. The van der Waals surface area contributed by atoms with E-state index in [2.05, 4.69) is 27.0 Å². The summed E-state index contributed by atoms with van der Waals surface area (Å²) in [6, 6.07) is 11.7. The third-order valence-electron chi connectivity index (χ3n) is 5.67. The number of piperidine rings is 1. The van der Waals surface area contributed by atoms with Gasteiger partial charge in [0, 0.05) is 41.3 Å². The number of carbonyl (C=O) groups excluding carboxylic acids is 1. The maximum absolute atomic E-state index is 13.3. The first-order valence-corrected chi connectivity index (χ1v) is 11.9. The number of nitrogens with zero attached hydrogens (tertiary/aromatic N) is 5. The van der Waals surface area contributed by atoms with Crippen molar-refractivity contribution in [2.45, 2.75) is 56.0 Å². The Morgan fingerprint density at radius 3 is 2.61 bits per heavy atom. The minimum absolute atomic E-state index is 0.174. The summed E-state index contributed by atoms with van der Waals surface area (Å²) in [5.74, 6) is 0.879. The molecule has 162 valence electrons. The Kier molecular flexibility index (Phi) is 6.92. The number of hydrogen-bond acceptors (Lipinski definition) is 5. The molecule has 3 heterocycles. The highest BCUT2D eigenvalue weighted by atomic mass is 35.5. The highest BCUT2D eigenvalue weighted by molar-refractivity contribution is 8.00. The molecule has 2 atom stereocenters. The molecule has 2 unspecified atom stereocenters. The van der Waals surface area contributed by atoms with Crippen molar-refractivity contribution in [3.8, 4) is 17.1 Å². The van der Waals surface area contributed by atoms with Crippen LogP contribution in [0.1, 0.15) is 39.5 Å². The average Bonchev–Trinajstić information content (AvgIpc) is 3.23. The van der Waals surface area contributed by atoms with Gasteiger partial charge in [0.25, 0.3) is 0 Å². The van der Waals surface area contributed by atoms with E-state index in [4.69, 9.17) is 11.6 Å². The van der Waals surface area contributed by atoms with Crippen molar-refractivity contribution >= 4 is 29.3 Å². The van der Waals surface area contributed by atoms with Crippen LogP contribution in [0.2, 0.25) is 5.02 Å². The zero-order chi connectivity index (χ0) is 21.8. The number of halogens is 1. The smallest absolute Gasteiger partial charge is 0.236 e. The lowest BCUT2D eigenvalue weighted by Crippen LogP contribution is -2.46. The number of amides is 1. The summed E-state index contributed by atoms with van der Waals surface area (Å²) in [7, 11) is 0. The lowest BCUT2D eigenvalue weighted by atomic mass is 10.00. The molecular weight excluding hydrogens is 430 g/mol. The van der Waals surface area contributed by atoms with Crippen molar-refractivity contribution in [2.75, 3.05) is 6.54 Å². The molecule has 0 N–H and O–H groups in total. The fraction of sp³-hybridized carbons (Fsp3) is 0.391. The first-order valence-electron chi connectivity index (χ1n) is 10.7. The SMILES string of the molecule is CCC1CCCCN1C(=O)C(C)Sc1nnc(-c2ccncc2)n1-c1ccc(Cl)cc1. The molecule has 8 heteroatoms. The van der Waals surface area contributed by atoms with Gasteiger partial charge in [0.1, 0.15) is 0 Å². The minimum atomic E-state index is -0.257. The van der Waals surface area contributed by atoms with Crippen LogP contribution >= 0.6 is 23.4 Å². The largest absolute Gasteiger partial charge is 0.339 e. The van der Waals surface area contributed by atoms with Gasteiger partial charge in [-0.05, 0) is 69.0 Å². The number of benzene rings is 1. The van der Waals surface area contributed by atoms with Crippen LogP contribution in [0.4, 0.5) is 0 Å². The van der Waals surface area contributed by atoms with Crippen molar-refractivity contribution in [1.29, 1.82) is 0 Å². The molecular formula is C23H26ClN5OS. The predicted molar refractivity (Wildman–Crippen MR) is 125 cm³/mol. The standard InChI is InChI=1S/C23H26ClN5OS/c1-3-19-6-4-5-15-28(19)22(30)16(2)31-23-27-26-21(17-11-13-25-14-12-17)29(23)20-9-7-18(24)8-10-20/h7-14,16,19H,3-6,15H2,1-2H3. The van der Waals surface area contributed by atoms with E-state index in [1.807, 2.05) is 47.9 Å². The second-order valence-electron chi connectivity index (χ2n) is 7.70. The number of pyridine rings is 1. The van der Waals surface area contributed by atoms with E-state index in [9.17, 15) is 4.79 Å². The van der Waals surface area contributed by atoms with Crippen molar-refractivity contribution in [3.63, 3.8) is 0 Å². The molecule has 2 aromatic heterocycles. The van der Waals surface area contributed by atoms with Gasteiger partial charge in [0.05, 0.1) is 5.25 Å². The van der Waals surface area contributed by atoms with E-state index in [1.165, 1.54) is 18.2 Å². The Bertz CT molecular complexity index is 1020. The second kappa shape index (κ2) is 9.83. The highest BCUT2D eigenvalue weighted by Crippen LogP contribution is 2.32. The molecule has 0 spiro atoms. The quantitative estimate of drug-likeness (QED) is 0.474. The number of likely N-dealkylation sites (tertiary alicyclic amines) is 1. The molecule has 6 nitrogen and oxygen atoms in total. The van der Waals surface area contributed by atoms with Gasteiger partial charge >= 0.3 is 0 Å². The molecule has 0 bridgehead atoms. The van der Waals surface area contributed by atoms with Crippen LogP contribution in [0.25, 0.3) is 17.1 Å². The summed E-state index contributed by atoms with van der Waals surface area (Å²) >= 11 is 7.55. The normalized spacial score (nSPS) is 17.5. The van der Waals surface area contributed by atoms with E-state index in [0.717, 1.165) is 37.1 Å². The number of thioether (sulfide) groups is 1. The third-order valence-corrected chi connectivity index (χ3v) is 6.95. The van der Waals surface area contributed by atoms with Gasteiger partial charge in [-0.3, -0.25) is 14.3 Å². The topological polar surface area (TPSA) is 63.9 Å². The van der Waals surface area contributed by atoms with Gasteiger partial charge in [0.15, 0.2) is 11.0 Å². The highest BCUT2D eigenvalue weighted by Gasteiger charge is 2.30. The molecule has 1 fully saturated rings. The van der Waals surface area contributed by atoms with E-state index >= 15 is 0 Å². The summed E-state index contributed by atoms with van der Waals surface area (Å²) in [4.78, 5) is 19.4. The lowest BCUT2D eigenvalue weighted by Gasteiger charge is -2.36. The molecule has 1 aromatic carbocycles. The lowest BCUT2D eigenvalue weighted by molar-refractivity contribution is -0.134. The molecule has 3 aromatic rings. The maximum atomic E-state index is 13.3. The Morgan fingerprint density at radius 2 is 1.90 bits per heavy atom. The van der Waals surface area contributed by atoms with Crippen molar-refractivity contribution in [3.05, 3.63) is 53.8 Å². The van der Waals surface area contributed by atoms with Gasteiger partial charge in [-0.2, -0.15) is 0 Å². The molecule has 0 radical (unpaired) electrons. The molecule has 0 aliphatic carbocycles. The Morgan fingerprint density at radius 1 is 1.16 bits per heavy atom. The van der Waals surface area contributed by atoms with Crippen molar-refractivity contribution in [2.24, 2.45) is 0 Å². The number of hydrogen-bond donors (Lipinski definition) is 0. The Hall–Kier alpha value is -2.38. The van der Waals surface area contributed by atoms with Gasteiger partial charge in [-0.25, -0.2) is 0 Å². The molecule has 1 aliphatic rings. The molecule has 31 heavy (non-hydrogen) atoms. The van der Waals surface area contributed by atoms with Crippen molar-refractivity contribution < 1.29 is 4.79 Å². The van der Waals surface area contributed by atoms with Gasteiger partial charge in [0.2, 0.25) is 5.91 Å². The van der Waals surface area contributed by atoms with Crippen molar-refractivity contribution in [1.82, 2.24) is 24.6 Å². The monoisotopic (exact) mass is 455 g/mol. The zero-order valence-corrected chi connectivity index (χ0v) is 19.3. The summed E-state index contributed by atoms with van der Waals surface area (Å²) in [6.45, 7) is 4.96. The molecule has 4 rings (SSSR count). The molecule has 1 amide bonds. The molecule has 1 saturated heterocycles. The summed E-state index contributed by atoms with van der Waals surface area (Å²) in [6.07, 6.45) is 7.83. The second-order valence-corrected chi connectivity index (χ2v) is 9.45. The van der Waals surface area contributed by atoms with Crippen LogP contribution in [-0.4, -0.2) is 48.4 Å². The first-order chi connectivity index (χ1) is 15.1. The number of aromatic nitrogens is 4. The Labute approximate surface area is 192 Å². The average molecular weight is 456 g/mol. The fourth-order valence-electron chi connectivity index (χ4n) is 4.01. The zero-order valence-electron chi connectivity index (χ0n) is 17.7. The van der Waals surface area contributed by atoms with Gasteiger partial charge in [-0.1, -0.05) is 30.3 Å². The maximum Gasteiger partial charge on any atom is 0.236 e. The van der Waals surface area contributed by atoms with Gasteiger partial charge < -0.3 is 4.90 Å². The van der Waals surface area contributed by atoms with E-state index in [0.29, 0.717) is 22.0 Å². The van der Waals surface area contributed by atoms with E-state index in [-0.39, 0.29) is 11.2 Å². The van der Waals surface area contributed by atoms with Crippen LogP contribution in [0, 0.1) is 0 Å². The summed E-state index contributed by atoms with van der Waals surface area (Å²) in [5, 5.41) is 9.98. The predicted octanol–water partition coefficient (Wildman–Crippen LogP) is 5.25. The number of carbonyl (C=O) groups is 1. The number of rotatable bonds is 6. The fourth-order valence-corrected chi connectivity index (χ4v) is 5.08. The van der Waals surface area contributed by atoms with Crippen LogP contribution in [0.5, 0.6) is 0 Å². The minimum Gasteiger partial charge on any atom is -0.339 e. The summed E-state index contributed by atoms with van der Waals surface area (Å²) in [5.41, 5.74) is 1.80. The van der Waals surface area contributed by atoms with E-state index < -0.39 is 0 Å². The Balaban J connectivity index is 1.66. The molecule has 1 aliphatic heterocycles. The molecule has 0 saturated carbocycles. The third kappa shape index (κ3) is 4.77. The van der Waals surface area contributed by atoms with Crippen LogP contribution in [-0.2, 0) is 4.79 Å². The van der Waals surface area contributed by atoms with Crippen LogP contribution < -0.4 is 0 Å². The van der Waals surface area contributed by atoms with Crippen LogP contribution in [0.3, 0.4) is 0 Å². The summed E-state index contributed by atoms with van der Waals surface area (Å²) < 4.78 is 1.98.